The molecule has 0 atom stereocenters. The molecule has 1 aliphatic carbocycles. The number of hydrogen-bond acceptors (Lipinski definition) is 3. The lowest BCUT2D eigenvalue weighted by molar-refractivity contribution is 0.444. The summed E-state index contributed by atoms with van der Waals surface area (Å²) in [6, 6.07) is 0.436. The van der Waals surface area contributed by atoms with Crippen molar-refractivity contribution in [3.05, 3.63) is 12.2 Å². The Labute approximate surface area is 108 Å². The second-order valence-electron chi connectivity index (χ2n) is 4.37. The zero-order chi connectivity index (χ0) is 12.5. The normalized spacial score (nSPS) is 18.6. The van der Waals surface area contributed by atoms with Crippen LogP contribution in [0.25, 0.3) is 0 Å². The second-order valence-corrected chi connectivity index (χ2v) is 5.32. The van der Waals surface area contributed by atoms with Gasteiger partial charge in [0.25, 0.3) is 0 Å². The Morgan fingerprint density at radius 2 is 2.18 bits per heavy atom. The van der Waals surface area contributed by atoms with E-state index in [0.717, 1.165) is 16.5 Å². The van der Waals surface area contributed by atoms with E-state index in [9.17, 15) is 0 Å². The minimum atomic E-state index is 0.436. The molecule has 0 bridgehead atoms. The molecule has 0 aromatic rings. The third-order valence-electron chi connectivity index (χ3n) is 2.56. The van der Waals surface area contributed by atoms with Gasteiger partial charge in [-0.25, -0.2) is 10.8 Å². The van der Waals surface area contributed by atoms with Gasteiger partial charge in [-0.05, 0) is 19.8 Å². The number of nitrogens with one attached hydrogen (secondary N) is 1. The summed E-state index contributed by atoms with van der Waals surface area (Å²) in [5, 5.41) is 0.804. The highest BCUT2D eigenvalue weighted by Crippen LogP contribution is 2.22. The number of nitrogens with zero attached hydrogens (tertiary/aromatic N) is 2. The van der Waals surface area contributed by atoms with Crippen LogP contribution >= 0.6 is 11.8 Å². The molecule has 0 aliphatic heterocycles. The first kappa shape index (κ1) is 14.3. The van der Waals surface area contributed by atoms with Crippen molar-refractivity contribution >= 4 is 23.3 Å². The van der Waals surface area contributed by atoms with Gasteiger partial charge in [-0.1, -0.05) is 43.2 Å². The summed E-state index contributed by atoms with van der Waals surface area (Å²) in [5.41, 5.74) is 3.54. The first-order valence-corrected chi connectivity index (χ1v) is 7.04. The van der Waals surface area contributed by atoms with Gasteiger partial charge in [0, 0.05) is 5.75 Å². The summed E-state index contributed by atoms with van der Waals surface area (Å²) >= 11 is 1.62. The van der Waals surface area contributed by atoms with Crippen LogP contribution in [0.15, 0.2) is 22.1 Å². The van der Waals surface area contributed by atoms with Crippen LogP contribution in [0.2, 0.25) is 0 Å². The molecule has 0 spiro atoms. The third kappa shape index (κ3) is 6.48. The Hall–Kier alpha value is -0.810. The monoisotopic (exact) mass is 254 g/mol. The van der Waals surface area contributed by atoms with Gasteiger partial charge in [-0.3, -0.25) is 4.99 Å². The highest BCUT2D eigenvalue weighted by atomic mass is 32.2. The summed E-state index contributed by atoms with van der Waals surface area (Å²) in [6.45, 7) is 5.90. The number of thioether (sulfide) groups is 1. The molecule has 1 rings (SSSR count). The van der Waals surface area contributed by atoms with Crippen molar-refractivity contribution in [1.29, 1.82) is 0 Å². The first-order valence-electron chi connectivity index (χ1n) is 6.06. The summed E-state index contributed by atoms with van der Waals surface area (Å²) in [7, 11) is 0. The molecule has 1 aliphatic rings. The van der Waals surface area contributed by atoms with Gasteiger partial charge in [0.15, 0.2) is 5.17 Å². The molecule has 0 unspecified atom stereocenters. The lowest BCUT2D eigenvalue weighted by Crippen LogP contribution is -2.20. The zero-order valence-electron chi connectivity index (χ0n) is 10.5. The fraction of sp³-hybridized carbons (Fsp3) is 0.667. The number of rotatable bonds is 4. The Bertz CT molecular complexity index is 293. The van der Waals surface area contributed by atoms with Crippen molar-refractivity contribution in [1.82, 2.24) is 5.43 Å². The Morgan fingerprint density at radius 3 is 2.76 bits per heavy atom. The van der Waals surface area contributed by atoms with E-state index in [2.05, 4.69) is 17.0 Å². The predicted molar refractivity (Wildman–Crippen MR) is 77.4 cm³/mol. The van der Waals surface area contributed by atoms with Gasteiger partial charge >= 0.3 is 0 Å². The number of nitrogens with two attached hydrogens (primary N) is 1. The van der Waals surface area contributed by atoms with E-state index in [0.29, 0.717) is 6.04 Å². The molecule has 1 fully saturated rings. The van der Waals surface area contributed by atoms with E-state index in [1.54, 1.807) is 11.8 Å². The van der Waals surface area contributed by atoms with Crippen LogP contribution in [-0.2, 0) is 0 Å². The average Bonchev–Trinajstić information content (AvgIpc) is 2.34. The van der Waals surface area contributed by atoms with Gasteiger partial charge in [0.2, 0.25) is 0 Å². The summed E-state index contributed by atoms with van der Waals surface area (Å²) < 4.78 is 0. The minimum absolute atomic E-state index is 0.436. The van der Waals surface area contributed by atoms with Gasteiger partial charge in [0.1, 0.15) is 6.34 Å². The second kappa shape index (κ2) is 8.31. The van der Waals surface area contributed by atoms with Crippen molar-refractivity contribution in [3.63, 3.8) is 0 Å². The highest BCUT2D eigenvalue weighted by molar-refractivity contribution is 8.14. The molecule has 1 saturated carbocycles. The van der Waals surface area contributed by atoms with Gasteiger partial charge in [-0.2, -0.15) is 0 Å². The van der Waals surface area contributed by atoms with Crippen molar-refractivity contribution in [2.75, 3.05) is 5.75 Å². The fourth-order valence-corrected chi connectivity index (χ4v) is 2.48. The maximum absolute atomic E-state index is 5.18. The van der Waals surface area contributed by atoms with E-state index in [4.69, 9.17) is 10.8 Å². The number of amidine groups is 1. The van der Waals surface area contributed by atoms with Gasteiger partial charge < -0.3 is 5.43 Å². The Kier molecular flexibility index (Phi) is 6.96. The molecule has 0 radical (unpaired) electrons. The quantitative estimate of drug-likeness (QED) is 0.266. The fourth-order valence-electron chi connectivity index (χ4n) is 1.75. The maximum Gasteiger partial charge on any atom is 0.184 e. The van der Waals surface area contributed by atoms with Gasteiger partial charge in [-0.15, -0.1) is 0 Å². The zero-order valence-corrected chi connectivity index (χ0v) is 11.3. The lowest BCUT2D eigenvalue weighted by Gasteiger charge is -2.18. The topological polar surface area (TPSA) is 62.8 Å². The molecule has 0 saturated heterocycles. The minimum Gasteiger partial charge on any atom is -0.315 e. The molecule has 3 N–H and O–H groups in total. The predicted octanol–water partition coefficient (Wildman–Crippen LogP) is 2.48. The lowest BCUT2D eigenvalue weighted by atomic mass is 9.96. The van der Waals surface area contributed by atoms with E-state index in [1.807, 2.05) is 6.92 Å². The van der Waals surface area contributed by atoms with E-state index < -0.39 is 0 Å². The van der Waals surface area contributed by atoms with Gasteiger partial charge in [0.05, 0.1) is 6.04 Å². The van der Waals surface area contributed by atoms with Crippen LogP contribution in [0.3, 0.4) is 0 Å². The molecule has 5 heteroatoms. The van der Waals surface area contributed by atoms with E-state index in [1.165, 1.54) is 38.4 Å². The van der Waals surface area contributed by atoms with E-state index in [-0.39, 0.29) is 0 Å². The number of hydrogen-bond donors (Lipinski definition) is 2. The molecular weight excluding hydrogens is 232 g/mol. The van der Waals surface area contributed by atoms with Crippen LogP contribution in [0.1, 0.15) is 39.0 Å². The van der Waals surface area contributed by atoms with Crippen LogP contribution in [0.4, 0.5) is 0 Å². The number of hydrazine groups is 1. The highest BCUT2D eigenvalue weighted by Gasteiger charge is 2.13. The third-order valence-corrected chi connectivity index (χ3v) is 3.67. The largest absolute Gasteiger partial charge is 0.315 e. The smallest absolute Gasteiger partial charge is 0.184 e. The summed E-state index contributed by atoms with van der Waals surface area (Å²) in [6.07, 6.45) is 7.75. The van der Waals surface area contributed by atoms with Crippen molar-refractivity contribution in [2.24, 2.45) is 15.8 Å². The summed E-state index contributed by atoms with van der Waals surface area (Å²) in [5.74, 6) is 6.04. The van der Waals surface area contributed by atoms with Crippen molar-refractivity contribution < 1.29 is 0 Å². The molecule has 0 amide bonds. The van der Waals surface area contributed by atoms with Crippen LogP contribution in [0.5, 0.6) is 0 Å². The van der Waals surface area contributed by atoms with Crippen molar-refractivity contribution in [2.45, 2.75) is 45.1 Å². The molecule has 17 heavy (non-hydrogen) atoms. The molecule has 96 valence electrons. The van der Waals surface area contributed by atoms with Crippen LogP contribution in [-0.4, -0.2) is 23.3 Å². The summed E-state index contributed by atoms with van der Waals surface area (Å²) in [4.78, 5) is 8.91. The van der Waals surface area contributed by atoms with Crippen LogP contribution < -0.4 is 11.3 Å². The molecule has 0 aromatic heterocycles. The standard InChI is InChI=1S/C12H22N4S/c1-10(2)8-17-12(14-9-15-13)16-11-6-4-3-5-7-11/h9,11H,1,3-8,13H2,2H3,(H,14,15,16). The number of aliphatic imine (C=N–C) groups is 2. The van der Waals surface area contributed by atoms with E-state index >= 15 is 0 Å². The average molecular weight is 254 g/mol. The Balaban J connectivity index is 2.55. The molecular formula is C12H22N4S. The Morgan fingerprint density at radius 1 is 1.47 bits per heavy atom. The first-order chi connectivity index (χ1) is 8.22. The van der Waals surface area contributed by atoms with Crippen molar-refractivity contribution in [3.8, 4) is 0 Å². The molecule has 4 nitrogen and oxygen atoms in total. The molecule has 0 aromatic carbocycles. The van der Waals surface area contributed by atoms with Crippen LogP contribution in [0, 0.1) is 0 Å². The SMILES string of the molecule is C=C(C)CSC(N=CNN)=NC1CCCCC1. The molecule has 0 heterocycles. The maximum atomic E-state index is 5.18.